The minimum absolute atomic E-state index is 0.275. The average molecular weight is 203 g/mol. The molecule has 2 aromatic rings. The third kappa shape index (κ3) is 1.37. The first-order valence-electron chi connectivity index (χ1n) is 5.17. The Morgan fingerprint density at radius 2 is 2.20 bits per heavy atom. The Labute approximate surface area is 87.5 Å². The summed E-state index contributed by atoms with van der Waals surface area (Å²) in [6.07, 6.45) is 0. The highest BCUT2D eigenvalue weighted by Crippen LogP contribution is 2.23. The maximum atomic E-state index is 8.93. The van der Waals surface area contributed by atoms with Gasteiger partial charge in [-0.15, -0.1) is 0 Å². The normalized spacial score (nSPS) is 17.0. The molecule has 1 fully saturated rings. The number of benzene rings is 1. The number of para-hydroxylation sites is 2. The number of aliphatic hydroxyl groups excluding tert-OH is 1. The molecule has 4 heteroatoms. The Morgan fingerprint density at radius 1 is 1.40 bits per heavy atom. The zero-order chi connectivity index (χ0) is 10.3. The fraction of sp³-hybridized carbons (Fsp3) is 0.364. The van der Waals surface area contributed by atoms with Crippen LogP contribution in [0.2, 0.25) is 0 Å². The van der Waals surface area contributed by atoms with Crippen LogP contribution in [0.25, 0.3) is 11.0 Å². The van der Waals surface area contributed by atoms with Crippen molar-refractivity contribution >= 4 is 17.0 Å². The lowest BCUT2D eigenvalue weighted by Gasteiger charge is -2.37. The second kappa shape index (κ2) is 3.24. The molecule has 0 bridgehead atoms. The number of hydrogen-bond donors (Lipinski definition) is 2. The van der Waals surface area contributed by atoms with Crippen LogP contribution in [0.5, 0.6) is 0 Å². The fourth-order valence-corrected chi connectivity index (χ4v) is 1.95. The van der Waals surface area contributed by atoms with Gasteiger partial charge in [-0.2, -0.15) is 0 Å². The van der Waals surface area contributed by atoms with Crippen molar-refractivity contribution in [2.24, 2.45) is 5.92 Å². The predicted octanol–water partition coefficient (Wildman–Crippen LogP) is 0.991. The summed E-state index contributed by atoms with van der Waals surface area (Å²) in [4.78, 5) is 9.92. The highest BCUT2D eigenvalue weighted by molar-refractivity contribution is 5.77. The molecule has 78 valence electrons. The van der Waals surface area contributed by atoms with Crippen LogP contribution in [-0.4, -0.2) is 34.8 Å². The highest BCUT2D eigenvalue weighted by atomic mass is 16.3. The van der Waals surface area contributed by atoms with E-state index in [4.69, 9.17) is 5.11 Å². The minimum atomic E-state index is 0.275. The molecule has 1 aromatic heterocycles. The van der Waals surface area contributed by atoms with E-state index in [1.807, 2.05) is 24.3 Å². The van der Waals surface area contributed by atoms with E-state index in [2.05, 4.69) is 14.9 Å². The van der Waals surface area contributed by atoms with Crippen LogP contribution < -0.4 is 4.90 Å². The number of nitrogens with zero attached hydrogens (tertiary/aromatic N) is 2. The van der Waals surface area contributed by atoms with Crippen LogP contribution in [-0.2, 0) is 0 Å². The molecule has 0 saturated carbocycles. The molecule has 15 heavy (non-hydrogen) atoms. The van der Waals surface area contributed by atoms with Crippen molar-refractivity contribution in [3.05, 3.63) is 24.3 Å². The van der Waals surface area contributed by atoms with Crippen molar-refractivity contribution in [1.82, 2.24) is 9.97 Å². The number of aromatic amines is 1. The average Bonchev–Trinajstić information content (AvgIpc) is 2.59. The van der Waals surface area contributed by atoms with Gasteiger partial charge < -0.3 is 15.0 Å². The molecule has 0 radical (unpaired) electrons. The zero-order valence-electron chi connectivity index (χ0n) is 8.35. The number of imidazole rings is 1. The molecule has 3 rings (SSSR count). The topological polar surface area (TPSA) is 52.1 Å². The Morgan fingerprint density at radius 3 is 2.93 bits per heavy atom. The molecule has 2 heterocycles. The smallest absolute Gasteiger partial charge is 0.203 e. The van der Waals surface area contributed by atoms with Crippen LogP contribution >= 0.6 is 0 Å². The summed E-state index contributed by atoms with van der Waals surface area (Å²) in [5.74, 6) is 1.33. The Kier molecular flexibility index (Phi) is 1.89. The summed E-state index contributed by atoms with van der Waals surface area (Å²) in [6.45, 7) is 2.07. The Bertz CT molecular complexity index is 440. The van der Waals surface area contributed by atoms with Gasteiger partial charge in [-0.1, -0.05) is 12.1 Å². The number of hydrogen-bond acceptors (Lipinski definition) is 3. The predicted molar refractivity (Wildman–Crippen MR) is 58.9 cm³/mol. The lowest BCUT2D eigenvalue weighted by atomic mass is 10.0. The van der Waals surface area contributed by atoms with Crippen molar-refractivity contribution in [2.75, 3.05) is 24.6 Å². The lowest BCUT2D eigenvalue weighted by molar-refractivity contribution is 0.199. The van der Waals surface area contributed by atoms with Gasteiger partial charge in [0.25, 0.3) is 0 Å². The molecule has 1 saturated heterocycles. The number of rotatable bonds is 2. The van der Waals surface area contributed by atoms with Gasteiger partial charge in [0.05, 0.1) is 11.0 Å². The van der Waals surface area contributed by atoms with E-state index in [0.717, 1.165) is 30.1 Å². The number of anilines is 1. The van der Waals surface area contributed by atoms with Gasteiger partial charge >= 0.3 is 0 Å². The summed E-state index contributed by atoms with van der Waals surface area (Å²) < 4.78 is 0. The number of nitrogens with one attached hydrogen (secondary N) is 1. The van der Waals surface area contributed by atoms with Crippen LogP contribution in [0, 0.1) is 5.92 Å². The largest absolute Gasteiger partial charge is 0.396 e. The van der Waals surface area contributed by atoms with Gasteiger partial charge in [0.15, 0.2) is 0 Å². The fourth-order valence-electron chi connectivity index (χ4n) is 1.95. The summed E-state index contributed by atoms with van der Waals surface area (Å²) >= 11 is 0. The maximum absolute atomic E-state index is 8.93. The zero-order valence-corrected chi connectivity index (χ0v) is 8.35. The van der Waals surface area contributed by atoms with E-state index in [0.29, 0.717) is 5.92 Å². The second-order valence-electron chi connectivity index (χ2n) is 4.03. The van der Waals surface area contributed by atoms with Gasteiger partial charge in [-0.05, 0) is 12.1 Å². The van der Waals surface area contributed by atoms with Crippen molar-refractivity contribution in [1.29, 1.82) is 0 Å². The van der Waals surface area contributed by atoms with Crippen molar-refractivity contribution in [3.63, 3.8) is 0 Å². The molecule has 0 unspecified atom stereocenters. The van der Waals surface area contributed by atoms with Crippen LogP contribution in [0.15, 0.2) is 24.3 Å². The van der Waals surface area contributed by atoms with Crippen molar-refractivity contribution in [3.8, 4) is 0 Å². The van der Waals surface area contributed by atoms with E-state index < -0.39 is 0 Å². The first-order chi connectivity index (χ1) is 7.36. The first kappa shape index (κ1) is 8.73. The monoisotopic (exact) mass is 203 g/mol. The molecule has 1 aliphatic heterocycles. The van der Waals surface area contributed by atoms with Gasteiger partial charge in [0.2, 0.25) is 5.95 Å². The minimum Gasteiger partial charge on any atom is -0.396 e. The molecule has 0 spiro atoms. The van der Waals surface area contributed by atoms with Gasteiger partial charge in [0, 0.05) is 25.6 Å². The Hall–Kier alpha value is -1.55. The first-order valence-corrected chi connectivity index (χ1v) is 5.17. The van der Waals surface area contributed by atoms with Gasteiger partial charge in [-0.3, -0.25) is 0 Å². The molecule has 1 aromatic carbocycles. The number of fused-ring (bicyclic) bond motifs is 1. The number of aromatic nitrogens is 2. The third-order valence-electron chi connectivity index (χ3n) is 2.89. The van der Waals surface area contributed by atoms with E-state index in [1.54, 1.807) is 0 Å². The summed E-state index contributed by atoms with van der Waals surface area (Å²) in [6, 6.07) is 8.00. The van der Waals surface area contributed by atoms with Crippen LogP contribution in [0.1, 0.15) is 0 Å². The van der Waals surface area contributed by atoms with Crippen molar-refractivity contribution in [2.45, 2.75) is 0 Å². The maximum Gasteiger partial charge on any atom is 0.203 e. The summed E-state index contributed by atoms with van der Waals surface area (Å²) in [7, 11) is 0. The highest BCUT2D eigenvalue weighted by Gasteiger charge is 2.27. The van der Waals surface area contributed by atoms with Crippen LogP contribution in [0.3, 0.4) is 0 Å². The molecule has 0 aliphatic carbocycles. The molecule has 4 nitrogen and oxygen atoms in total. The molecule has 1 aliphatic rings. The lowest BCUT2D eigenvalue weighted by Crippen LogP contribution is -2.48. The quantitative estimate of drug-likeness (QED) is 0.765. The Balaban J connectivity index is 1.87. The third-order valence-corrected chi connectivity index (χ3v) is 2.89. The van der Waals surface area contributed by atoms with Crippen LogP contribution in [0.4, 0.5) is 5.95 Å². The summed E-state index contributed by atoms with van der Waals surface area (Å²) in [5, 5.41) is 8.93. The molecule has 2 N–H and O–H groups in total. The standard InChI is InChI=1S/C11H13N3O/c15-7-8-5-14(6-8)11-12-9-3-1-2-4-10(9)13-11/h1-4,8,15H,5-7H2,(H,12,13). The molecule has 0 amide bonds. The SMILES string of the molecule is OCC1CN(c2nc3ccccc3[nH]2)C1. The van der Waals surface area contributed by atoms with Gasteiger partial charge in [-0.25, -0.2) is 4.98 Å². The molecular formula is C11H13N3O. The molecular weight excluding hydrogens is 190 g/mol. The van der Waals surface area contributed by atoms with E-state index in [-0.39, 0.29) is 6.61 Å². The molecule has 0 atom stereocenters. The van der Waals surface area contributed by atoms with E-state index in [9.17, 15) is 0 Å². The summed E-state index contributed by atoms with van der Waals surface area (Å²) in [5.41, 5.74) is 2.07. The van der Waals surface area contributed by atoms with Gasteiger partial charge in [0.1, 0.15) is 0 Å². The number of H-pyrrole nitrogens is 1. The number of aliphatic hydroxyl groups is 1. The van der Waals surface area contributed by atoms with E-state index in [1.165, 1.54) is 0 Å². The van der Waals surface area contributed by atoms with Crippen molar-refractivity contribution < 1.29 is 5.11 Å². The van der Waals surface area contributed by atoms with E-state index >= 15 is 0 Å². The second-order valence-corrected chi connectivity index (χ2v) is 4.03.